The summed E-state index contributed by atoms with van der Waals surface area (Å²) in [6, 6.07) is 42.6. The van der Waals surface area contributed by atoms with Crippen LogP contribution in [-0.4, -0.2) is 0 Å². The summed E-state index contributed by atoms with van der Waals surface area (Å²) in [5.41, 5.74) is 7.60. The molecule has 7 aromatic rings. The molecule has 40 heavy (non-hydrogen) atoms. The fourth-order valence-electron chi connectivity index (χ4n) is 5.86. The van der Waals surface area contributed by atoms with Gasteiger partial charge in [0.05, 0.1) is 0 Å². The maximum atomic E-state index is 6.49. The molecule has 0 aliphatic heterocycles. The number of benzene rings is 6. The van der Waals surface area contributed by atoms with E-state index in [1.54, 1.807) is 0 Å². The van der Waals surface area contributed by atoms with Gasteiger partial charge >= 0.3 is 0 Å². The van der Waals surface area contributed by atoms with Crippen LogP contribution in [0.3, 0.4) is 0 Å². The van der Waals surface area contributed by atoms with Crippen molar-refractivity contribution in [2.24, 2.45) is 0 Å². The molecule has 7 rings (SSSR count). The molecule has 0 aliphatic rings. The van der Waals surface area contributed by atoms with Crippen LogP contribution in [0.2, 0.25) is 0 Å². The highest BCUT2D eigenvalue weighted by molar-refractivity contribution is 6.22. The second-order valence-corrected chi connectivity index (χ2v) is 10.1. The Labute approximate surface area is 234 Å². The Kier molecular flexibility index (Phi) is 6.11. The van der Waals surface area contributed by atoms with Gasteiger partial charge in [-0.2, -0.15) is 0 Å². The molecular weight excluding hydrogens is 484 g/mol. The van der Waals surface area contributed by atoms with E-state index in [-0.39, 0.29) is 0 Å². The molecule has 0 bridgehead atoms. The third kappa shape index (κ3) is 4.13. The lowest BCUT2D eigenvalue weighted by Gasteiger charge is -2.17. The first kappa shape index (κ1) is 23.9. The molecule has 0 spiro atoms. The van der Waals surface area contributed by atoms with E-state index in [0.717, 1.165) is 39.5 Å². The molecule has 1 heterocycles. The van der Waals surface area contributed by atoms with Crippen LogP contribution in [0, 0.1) is 0 Å². The molecule has 0 saturated heterocycles. The minimum absolute atomic E-state index is 0.908. The van der Waals surface area contributed by atoms with Crippen molar-refractivity contribution in [1.29, 1.82) is 0 Å². The van der Waals surface area contributed by atoms with Crippen LogP contribution < -0.4 is 0 Å². The number of para-hydroxylation sites is 2. The van der Waals surface area contributed by atoms with E-state index in [2.05, 4.69) is 134 Å². The summed E-state index contributed by atoms with van der Waals surface area (Å²) in [6.07, 6.45) is 9.42. The van der Waals surface area contributed by atoms with Crippen LogP contribution in [0.15, 0.2) is 157 Å². The highest BCUT2D eigenvalue weighted by Gasteiger charge is 2.19. The summed E-state index contributed by atoms with van der Waals surface area (Å²) in [7, 11) is 0. The average Bonchev–Trinajstić information content (AvgIpc) is 3.39. The van der Waals surface area contributed by atoms with Gasteiger partial charge in [-0.25, -0.2) is 0 Å². The maximum Gasteiger partial charge on any atom is 0.143 e. The molecule has 0 atom stereocenters. The molecule has 1 nitrogen and oxygen atoms in total. The highest BCUT2D eigenvalue weighted by atomic mass is 16.3. The summed E-state index contributed by atoms with van der Waals surface area (Å²) in [4.78, 5) is 0. The van der Waals surface area contributed by atoms with Crippen LogP contribution in [0.25, 0.3) is 60.2 Å². The smallest absolute Gasteiger partial charge is 0.143 e. The lowest BCUT2D eigenvalue weighted by atomic mass is 9.85. The first-order chi connectivity index (χ1) is 19.8. The van der Waals surface area contributed by atoms with Crippen LogP contribution in [0.1, 0.15) is 11.1 Å². The molecule has 0 radical (unpaired) electrons. The van der Waals surface area contributed by atoms with E-state index in [1.165, 1.54) is 38.2 Å². The van der Waals surface area contributed by atoms with Crippen LogP contribution in [0.5, 0.6) is 0 Å². The Bertz CT molecular complexity index is 2030. The number of furan rings is 1. The van der Waals surface area contributed by atoms with Gasteiger partial charge in [-0.3, -0.25) is 0 Å². The predicted octanol–water partition coefficient (Wildman–Crippen LogP) is 10.9. The Hall–Kier alpha value is -5.14. The molecule has 1 heteroatoms. The van der Waals surface area contributed by atoms with E-state index < -0.39 is 0 Å². The molecule has 0 unspecified atom stereocenters. The topological polar surface area (TPSA) is 13.1 Å². The monoisotopic (exact) mass is 512 g/mol. The van der Waals surface area contributed by atoms with Crippen molar-refractivity contribution in [2.75, 3.05) is 0 Å². The number of hydrogen-bond acceptors (Lipinski definition) is 1. The number of hydrogen-bond donors (Lipinski definition) is 0. The van der Waals surface area contributed by atoms with Crippen LogP contribution >= 0.6 is 0 Å². The van der Waals surface area contributed by atoms with Gasteiger partial charge in [0.1, 0.15) is 11.2 Å². The minimum Gasteiger partial charge on any atom is -0.455 e. The number of allylic oxidation sites excluding steroid dienone is 5. The second kappa shape index (κ2) is 10.2. The molecule has 0 aliphatic carbocycles. The fraction of sp³-hybridized carbons (Fsp3) is 0.0256. The number of fused-ring (bicyclic) bond motifs is 5. The van der Waals surface area contributed by atoms with Gasteiger partial charge in [0.15, 0.2) is 0 Å². The summed E-state index contributed by atoms with van der Waals surface area (Å²) in [5.74, 6) is 0. The minimum atomic E-state index is 0.908. The Morgan fingerprint density at radius 2 is 1.18 bits per heavy atom. The first-order valence-corrected chi connectivity index (χ1v) is 13.7. The average molecular weight is 513 g/mol. The first-order valence-electron chi connectivity index (χ1n) is 13.7. The van der Waals surface area contributed by atoms with Gasteiger partial charge in [-0.05, 0) is 50.7 Å². The van der Waals surface area contributed by atoms with E-state index >= 15 is 0 Å². The van der Waals surface area contributed by atoms with Gasteiger partial charge in [0, 0.05) is 21.9 Å². The predicted molar refractivity (Wildman–Crippen MR) is 172 cm³/mol. The molecule has 0 saturated carbocycles. The fourth-order valence-corrected chi connectivity index (χ4v) is 5.86. The van der Waals surface area contributed by atoms with Crippen molar-refractivity contribution < 1.29 is 4.42 Å². The van der Waals surface area contributed by atoms with Gasteiger partial charge in [0.2, 0.25) is 0 Å². The Morgan fingerprint density at radius 1 is 0.575 bits per heavy atom. The van der Waals surface area contributed by atoms with Crippen molar-refractivity contribution >= 4 is 49.1 Å². The second-order valence-electron chi connectivity index (χ2n) is 10.1. The van der Waals surface area contributed by atoms with Crippen LogP contribution in [-0.2, 0) is 6.42 Å². The van der Waals surface area contributed by atoms with Crippen molar-refractivity contribution in [2.45, 2.75) is 6.42 Å². The van der Waals surface area contributed by atoms with Gasteiger partial charge in [-0.15, -0.1) is 0 Å². The summed E-state index contributed by atoms with van der Waals surface area (Å²) >= 11 is 0. The third-order valence-electron chi connectivity index (χ3n) is 7.67. The number of rotatable bonds is 6. The molecule has 190 valence electrons. The molecule has 0 N–H and O–H groups in total. The molecule has 0 amide bonds. The van der Waals surface area contributed by atoms with E-state index in [4.69, 9.17) is 4.42 Å². The van der Waals surface area contributed by atoms with Gasteiger partial charge in [-0.1, -0.05) is 146 Å². The third-order valence-corrected chi connectivity index (χ3v) is 7.67. The zero-order valence-electron chi connectivity index (χ0n) is 22.2. The molecular formula is C39H28O. The molecule has 1 aromatic heterocycles. The summed E-state index contributed by atoms with van der Waals surface area (Å²) < 4.78 is 6.49. The quantitative estimate of drug-likeness (QED) is 0.159. The zero-order valence-corrected chi connectivity index (χ0v) is 22.2. The Morgan fingerprint density at radius 3 is 1.90 bits per heavy atom. The van der Waals surface area contributed by atoms with E-state index in [0.29, 0.717) is 0 Å². The van der Waals surface area contributed by atoms with Crippen LogP contribution in [0.4, 0.5) is 0 Å². The largest absolute Gasteiger partial charge is 0.455 e. The molecule has 0 fully saturated rings. The summed E-state index contributed by atoms with van der Waals surface area (Å²) in [5, 5.41) is 7.04. The highest BCUT2D eigenvalue weighted by Crippen LogP contribution is 2.45. The standard InChI is InChI=1S/C39H28O/c1-27(15-4-2-5-16-28-17-6-3-7-18-28)37-30-20-8-10-22-32(30)38(33-23-11-9-21-31(33)37)35-25-14-24-34-29-19-12-13-26-36(29)40-39(34)35/h2-15,17-26H,1,16H2/b5-2-,15-4-. The molecule has 6 aromatic carbocycles. The van der Waals surface area contributed by atoms with Crippen molar-refractivity contribution in [1.82, 2.24) is 0 Å². The van der Waals surface area contributed by atoms with Gasteiger partial charge < -0.3 is 4.42 Å². The van der Waals surface area contributed by atoms with Crippen molar-refractivity contribution in [3.05, 3.63) is 163 Å². The van der Waals surface area contributed by atoms with Crippen molar-refractivity contribution in [3.63, 3.8) is 0 Å². The van der Waals surface area contributed by atoms with E-state index in [9.17, 15) is 0 Å². The normalized spacial score (nSPS) is 12.0. The SMILES string of the molecule is C=C(/C=C\C=C/Cc1ccccc1)c1c2ccccc2c(-c2cccc3c2oc2ccccc23)c2ccccc12. The van der Waals surface area contributed by atoms with Gasteiger partial charge in [0.25, 0.3) is 0 Å². The zero-order chi connectivity index (χ0) is 26.9. The van der Waals surface area contributed by atoms with Crippen molar-refractivity contribution in [3.8, 4) is 11.1 Å². The lowest BCUT2D eigenvalue weighted by molar-refractivity contribution is 0.670. The lowest BCUT2D eigenvalue weighted by Crippen LogP contribution is -1.92. The summed E-state index contributed by atoms with van der Waals surface area (Å²) in [6.45, 7) is 4.52. The maximum absolute atomic E-state index is 6.49. The Balaban J connectivity index is 1.39. The van der Waals surface area contributed by atoms with E-state index in [1.807, 2.05) is 18.2 Å².